The lowest BCUT2D eigenvalue weighted by Gasteiger charge is -2.30. The van der Waals surface area contributed by atoms with E-state index in [-0.39, 0.29) is 5.78 Å². The number of methoxy groups -OCH3 is 2. The van der Waals surface area contributed by atoms with Crippen molar-refractivity contribution in [2.45, 2.75) is 26.4 Å². The molecule has 4 nitrogen and oxygen atoms in total. The van der Waals surface area contributed by atoms with Gasteiger partial charge < -0.3 is 14.2 Å². The van der Waals surface area contributed by atoms with E-state index in [1.54, 1.807) is 26.2 Å². The number of allylic oxidation sites excluding steroid dienone is 2. The molecule has 0 aromatic heterocycles. The third kappa shape index (κ3) is 2.79. The van der Waals surface area contributed by atoms with Crippen LogP contribution in [0, 0.1) is 0 Å². The fourth-order valence-electron chi connectivity index (χ4n) is 2.27. The van der Waals surface area contributed by atoms with Crippen LogP contribution >= 0.6 is 0 Å². The number of rotatable bonds is 4. The van der Waals surface area contributed by atoms with Crippen molar-refractivity contribution in [3.8, 4) is 17.2 Å². The molecule has 2 rings (SSSR count). The van der Waals surface area contributed by atoms with E-state index >= 15 is 0 Å². The quantitative estimate of drug-likeness (QED) is 0.626. The summed E-state index contributed by atoms with van der Waals surface area (Å²) in [5, 5.41) is 0. The van der Waals surface area contributed by atoms with Gasteiger partial charge in [-0.1, -0.05) is 6.08 Å². The Kier molecular flexibility index (Phi) is 4.07. The topological polar surface area (TPSA) is 44.8 Å². The van der Waals surface area contributed by atoms with Gasteiger partial charge in [0, 0.05) is 6.07 Å². The van der Waals surface area contributed by atoms with Crippen LogP contribution in [0.4, 0.5) is 0 Å². The maximum absolute atomic E-state index is 12.4. The third-order valence-corrected chi connectivity index (χ3v) is 3.27. The molecule has 21 heavy (non-hydrogen) atoms. The van der Waals surface area contributed by atoms with Gasteiger partial charge in [0.15, 0.2) is 5.78 Å². The monoisotopic (exact) mass is 288 g/mol. The molecule has 0 aliphatic carbocycles. The molecular formula is C17H20O4. The van der Waals surface area contributed by atoms with Gasteiger partial charge in [-0.2, -0.15) is 0 Å². The maximum atomic E-state index is 12.4. The smallest absolute Gasteiger partial charge is 0.193 e. The number of ether oxygens (including phenoxy) is 3. The molecule has 1 aliphatic rings. The van der Waals surface area contributed by atoms with Gasteiger partial charge in [0.05, 0.1) is 19.8 Å². The number of carbonyl (C=O) groups excluding carboxylic acids is 1. The molecule has 0 saturated carbocycles. The molecule has 112 valence electrons. The van der Waals surface area contributed by atoms with Crippen molar-refractivity contribution in [1.82, 2.24) is 0 Å². The van der Waals surface area contributed by atoms with Crippen molar-refractivity contribution in [2.24, 2.45) is 0 Å². The average molecular weight is 288 g/mol. The molecule has 1 heterocycles. The zero-order valence-electron chi connectivity index (χ0n) is 13.0. The Hall–Kier alpha value is -2.23. The highest BCUT2D eigenvalue weighted by molar-refractivity contribution is 6.09. The van der Waals surface area contributed by atoms with Crippen molar-refractivity contribution in [1.29, 1.82) is 0 Å². The fraction of sp³-hybridized carbons (Fsp3) is 0.353. The van der Waals surface area contributed by atoms with E-state index < -0.39 is 5.60 Å². The Labute approximate surface area is 125 Å². The summed E-state index contributed by atoms with van der Waals surface area (Å²) in [6, 6.07) is 1.71. The molecule has 1 aromatic carbocycles. The van der Waals surface area contributed by atoms with Crippen LogP contribution in [-0.4, -0.2) is 25.6 Å². The van der Waals surface area contributed by atoms with E-state index in [4.69, 9.17) is 14.2 Å². The summed E-state index contributed by atoms with van der Waals surface area (Å²) in [7, 11) is 3.10. The van der Waals surface area contributed by atoms with Gasteiger partial charge in [0.25, 0.3) is 0 Å². The summed E-state index contributed by atoms with van der Waals surface area (Å²) >= 11 is 0. The van der Waals surface area contributed by atoms with Crippen molar-refractivity contribution in [2.75, 3.05) is 14.2 Å². The minimum absolute atomic E-state index is 0.153. The zero-order chi connectivity index (χ0) is 15.6. The number of fused-ring (bicyclic) bond motifs is 1. The van der Waals surface area contributed by atoms with Crippen LogP contribution in [0.3, 0.4) is 0 Å². The Morgan fingerprint density at radius 1 is 1.24 bits per heavy atom. The van der Waals surface area contributed by atoms with E-state index in [1.807, 2.05) is 26.0 Å². The summed E-state index contributed by atoms with van der Waals surface area (Å²) < 4.78 is 16.7. The lowest BCUT2D eigenvalue weighted by Crippen LogP contribution is -2.29. The third-order valence-electron chi connectivity index (χ3n) is 3.27. The molecule has 0 amide bonds. The van der Waals surface area contributed by atoms with Gasteiger partial charge in [-0.15, -0.1) is 0 Å². The average Bonchev–Trinajstić information content (AvgIpc) is 2.44. The van der Waals surface area contributed by atoms with Gasteiger partial charge in [-0.05, 0) is 39.0 Å². The molecule has 1 aliphatic heterocycles. The molecule has 0 fully saturated rings. The van der Waals surface area contributed by atoms with Gasteiger partial charge in [-0.3, -0.25) is 4.79 Å². The summed E-state index contributed by atoms with van der Waals surface area (Å²) in [6.45, 7) is 5.66. The first-order valence-electron chi connectivity index (χ1n) is 6.77. The van der Waals surface area contributed by atoms with Crippen LogP contribution < -0.4 is 14.2 Å². The molecule has 0 bridgehead atoms. The first-order chi connectivity index (χ1) is 9.93. The Morgan fingerprint density at radius 3 is 2.48 bits per heavy atom. The lowest BCUT2D eigenvalue weighted by atomic mass is 9.96. The van der Waals surface area contributed by atoms with Crippen LogP contribution in [0.1, 0.15) is 36.7 Å². The largest absolute Gasteiger partial charge is 0.496 e. The molecule has 0 radical (unpaired) electrons. The number of ketones is 1. The van der Waals surface area contributed by atoms with Crippen LogP contribution in [0.5, 0.6) is 17.2 Å². The number of hydrogen-bond acceptors (Lipinski definition) is 4. The van der Waals surface area contributed by atoms with E-state index in [1.165, 1.54) is 13.2 Å². The second kappa shape index (κ2) is 5.64. The SMILES string of the molecule is C/C=C/C(=O)c1c(OC)cc(OC)c2c1OC(C)(C)C=C2. The van der Waals surface area contributed by atoms with Crippen molar-refractivity contribution < 1.29 is 19.0 Å². The van der Waals surface area contributed by atoms with Gasteiger partial charge in [0.2, 0.25) is 0 Å². The predicted molar refractivity (Wildman–Crippen MR) is 82.4 cm³/mol. The van der Waals surface area contributed by atoms with Crippen LogP contribution in [0.25, 0.3) is 6.08 Å². The van der Waals surface area contributed by atoms with Crippen LogP contribution in [0.2, 0.25) is 0 Å². The molecule has 0 atom stereocenters. The second-order valence-corrected chi connectivity index (χ2v) is 5.30. The summed E-state index contributed by atoms with van der Waals surface area (Å²) in [6.07, 6.45) is 7.05. The normalized spacial score (nSPS) is 15.5. The van der Waals surface area contributed by atoms with E-state index in [2.05, 4.69) is 0 Å². The molecule has 0 spiro atoms. The molecule has 1 aromatic rings. The molecule has 0 unspecified atom stereocenters. The molecular weight excluding hydrogens is 268 g/mol. The minimum atomic E-state index is -0.491. The van der Waals surface area contributed by atoms with Gasteiger partial charge in [0.1, 0.15) is 28.4 Å². The summed E-state index contributed by atoms with van der Waals surface area (Å²) in [4.78, 5) is 12.4. The summed E-state index contributed by atoms with van der Waals surface area (Å²) in [5.74, 6) is 1.41. The van der Waals surface area contributed by atoms with Crippen LogP contribution in [-0.2, 0) is 0 Å². The number of benzene rings is 1. The van der Waals surface area contributed by atoms with Gasteiger partial charge >= 0.3 is 0 Å². The van der Waals surface area contributed by atoms with Crippen molar-refractivity contribution >= 4 is 11.9 Å². The number of hydrogen-bond donors (Lipinski definition) is 0. The van der Waals surface area contributed by atoms with E-state index in [0.717, 1.165) is 5.56 Å². The van der Waals surface area contributed by atoms with E-state index in [9.17, 15) is 4.79 Å². The van der Waals surface area contributed by atoms with Gasteiger partial charge in [-0.25, -0.2) is 0 Å². The summed E-state index contributed by atoms with van der Waals surface area (Å²) in [5.41, 5.74) is 0.685. The lowest BCUT2D eigenvalue weighted by molar-refractivity contribution is 0.102. The first kappa shape index (κ1) is 15.2. The highest BCUT2D eigenvalue weighted by Gasteiger charge is 2.30. The second-order valence-electron chi connectivity index (χ2n) is 5.30. The highest BCUT2D eigenvalue weighted by atomic mass is 16.5. The number of carbonyl (C=O) groups is 1. The van der Waals surface area contributed by atoms with Crippen molar-refractivity contribution in [3.05, 3.63) is 35.4 Å². The molecule has 0 saturated heterocycles. The Balaban J connectivity index is 2.75. The zero-order valence-corrected chi connectivity index (χ0v) is 13.0. The standard InChI is InChI=1S/C17H20O4/c1-6-7-12(18)15-14(20-5)10-13(19-4)11-8-9-17(2,3)21-16(11)15/h6-10H,1-5H3/b7-6+. The van der Waals surface area contributed by atoms with Crippen LogP contribution in [0.15, 0.2) is 24.3 Å². The van der Waals surface area contributed by atoms with Crippen molar-refractivity contribution in [3.63, 3.8) is 0 Å². The Morgan fingerprint density at radius 2 is 1.90 bits per heavy atom. The molecule has 0 N–H and O–H groups in total. The van der Waals surface area contributed by atoms with E-state index in [0.29, 0.717) is 22.8 Å². The minimum Gasteiger partial charge on any atom is -0.496 e. The Bertz CT molecular complexity index is 624. The highest BCUT2D eigenvalue weighted by Crippen LogP contribution is 2.44. The fourth-order valence-corrected chi connectivity index (χ4v) is 2.27. The maximum Gasteiger partial charge on any atom is 0.193 e. The predicted octanol–water partition coefficient (Wildman–Crippen LogP) is 3.65. The first-order valence-corrected chi connectivity index (χ1v) is 6.77. The molecule has 4 heteroatoms.